The first-order valence-electron chi connectivity index (χ1n) is 11.3. The third-order valence-corrected chi connectivity index (χ3v) is 10.7. The second-order valence-corrected chi connectivity index (χ2v) is 11.5. The third-order valence-electron chi connectivity index (χ3n) is 9.78. The highest BCUT2D eigenvalue weighted by molar-refractivity contribution is 9.09. The Morgan fingerprint density at radius 3 is 2.44 bits per heavy atom. The van der Waals surface area contributed by atoms with Crippen LogP contribution < -0.4 is 0 Å². The molecular weight excluding hydrogens is 404 g/mol. The van der Waals surface area contributed by atoms with E-state index in [0.29, 0.717) is 24.4 Å². The standard InChI is InChI=1S/C23H39BrO3/c1-15(13-24)23(26)11-8-20-19-5-4-16-12-22(25,14-27-3)10-7-17(16)18(19)6-9-21(20,23)2/h15-20,25-26H,4-14H2,1-3H3/t15?,16-,17?,18?,19+,20?,21-,22+,23-/m0/s1. The number of halogens is 1. The predicted molar refractivity (Wildman–Crippen MR) is 112 cm³/mol. The Kier molecular flexibility index (Phi) is 5.54. The molecule has 156 valence electrons. The zero-order valence-corrected chi connectivity index (χ0v) is 19.0. The number of aliphatic hydroxyl groups is 2. The number of hydrogen-bond donors (Lipinski definition) is 2. The number of ether oxygens (including phenoxy) is 1. The lowest BCUT2D eigenvalue weighted by molar-refractivity contribution is -0.160. The molecule has 0 aromatic heterocycles. The van der Waals surface area contributed by atoms with Crippen molar-refractivity contribution in [2.24, 2.45) is 40.9 Å². The van der Waals surface area contributed by atoms with E-state index in [1.807, 2.05) is 0 Å². The average molecular weight is 443 g/mol. The number of fused-ring (bicyclic) bond motifs is 5. The summed E-state index contributed by atoms with van der Waals surface area (Å²) in [5.41, 5.74) is -1.02. The van der Waals surface area contributed by atoms with Gasteiger partial charge >= 0.3 is 0 Å². The first-order chi connectivity index (χ1) is 12.8. The Hall–Kier alpha value is 0.360. The molecule has 0 amide bonds. The topological polar surface area (TPSA) is 49.7 Å². The summed E-state index contributed by atoms with van der Waals surface area (Å²) in [6.45, 7) is 5.12. The van der Waals surface area contributed by atoms with Crippen molar-refractivity contribution >= 4 is 15.9 Å². The van der Waals surface area contributed by atoms with E-state index in [1.54, 1.807) is 7.11 Å². The second kappa shape index (κ2) is 7.25. The van der Waals surface area contributed by atoms with Crippen molar-refractivity contribution in [3.8, 4) is 0 Å². The fraction of sp³-hybridized carbons (Fsp3) is 1.00. The van der Waals surface area contributed by atoms with Crippen LogP contribution in [0.5, 0.6) is 0 Å². The number of rotatable bonds is 4. The molecule has 4 unspecified atom stereocenters. The summed E-state index contributed by atoms with van der Waals surface area (Å²) in [6.07, 6.45) is 10.2. The van der Waals surface area contributed by atoms with Crippen LogP contribution in [0.3, 0.4) is 0 Å². The van der Waals surface area contributed by atoms with Gasteiger partial charge in [-0.2, -0.15) is 0 Å². The highest BCUT2D eigenvalue weighted by Gasteiger charge is 2.64. The molecule has 4 aliphatic carbocycles. The van der Waals surface area contributed by atoms with Gasteiger partial charge in [0.1, 0.15) is 0 Å². The second-order valence-electron chi connectivity index (χ2n) is 10.8. The van der Waals surface area contributed by atoms with Crippen molar-refractivity contribution in [2.75, 3.05) is 19.0 Å². The molecule has 0 heterocycles. The SMILES string of the molecule is COC[C@@]1(O)CCC2C3CC[C@@]4(C)C(CC[C@]4(O)C(C)CBr)[C@@H]3CC[C@H]2C1. The first-order valence-corrected chi connectivity index (χ1v) is 12.4. The van der Waals surface area contributed by atoms with Crippen LogP contribution in [0.2, 0.25) is 0 Å². The smallest absolute Gasteiger partial charge is 0.0882 e. The number of methoxy groups -OCH3 is 1. The minimum atomic E-state index is -0.592. The molecule has 0 aromatic rings. The molecule has 9 atom stereocenters. The molecule has 0 bridgehead atoms. The summed E-state index contributed by atoms with van der Waals surface area (Å²) in [7, 11) is 1.71. The minimum absolute atomic E-state index is 0.0830. The van der Waals surface area contributed by atoms with Crippen LogP contribution in [0, 0.1) is 40.9 Å². The van der Waals surface area contributed by atoms with Crippen LogP contribution in [0.15, 0.2) is 0 Å². The van der Waals surface area contributed by atoms with E-state index in [2.05, 4.69) is 29.8 Å². The van der Waals surface area contributed by atoms with Crippen molar-refractivity contribution in [3.05, 3.63) is 0 Å². The van der Waals surface area contributed by atoms with Crippen molar-refractivity contribution in [2.45, 2.75) is 82.8 Å². The van der Waals surface area contributed by atoms with Crippen molar-refractivity contribution in [1.82, 2.24) is 0 Å². The molecule has 4 fully saturated rings. The Balaban J connectivity index is 1.52. The minimum Gasteiger partial charge on any atom is -0.389 e. The Morgan fingerprint density at radius 1 is 1.00 bits per heavy atom. The lowest BCUT2D eigenvalue weighted by Crippen LogP contribution is -2.57. The zero-order valence-electron chi connectivity index (χ0n) is 17.4. The highest BCUT2D eigenvalue weighted by atomic mass is 79.9. The van der Waals surface area contributed by atoms with Gasteiger partial charge in [0.15, 0.2) is 0 Å². The van der Waals surface area contributed by atoms with Gasteiger partial charge in [0.05, 0.1) is 17.8 Å². The summed E-state index contributed by atoms with van der Waals surface area (Å²) in [5.74, 6) is 4.06. The largest absolute Gasteiger partial charge is 0.389 e. The summed E-state index contributed by atoms with van der Waals surface area (Å²) in [5, 5.41) is 23.5. The highest BCUT2D eigenvalue weighted by Crippen LogP contribution is 2.67. The van der Waals surface area contributed by atoms with E-state index >= 15 is 0 Å². The maximum atomic E-state index is 11.7. The summed E-state index contributed by atoms with van der Waals surface area (Å²) >= 11 is 3.64. The van der Waals surface area contributed by atoms with Crippen molar-refractivity contribution < 1.29 is 14.9 Å². The van der Waals surface area contributed by atoms with Gasteiger partial charge in [0.2, 0.25) is 0 Å². The molecule has 4 aliphatic rings. The van der Waals surface area contributed by atoms with Crippen LogP contribution >= 0.6 is 15.9 Å². The molecule has 4 saturated carbocycles. The van der Waals surface area contributed by atoms with E-state index in [-0.39, 0.29) is 5.41 Å². The number of alkyl halides is 1. The molecule has 0 spiro atoms. The van der Waals surface area contributed by atoms with Gasteiger partial charge in [-0.05, 0) is 98.7 Å². The fourth-order valence-electron chi connectivity index (χ4n) is 8.35. The maximum Gasteiger partial charge on any atom is 0.0882 e. The van der Waals surface area contributed by atoms with Gasteiger partial charge in [-0.25, -0.2) is 0 Å². The van der Waals surface area contributed by atoms with Crippen LogP contribution in [0.25, 0.3) is 0 Å². The summed E-state index contributed by atoms with van der Waals surface area (Å²) in [4.78, 5) is 0. The van der Waals surface area contributed by atoms with E-state index in [9.17, 15) is 10.2 Å². The molecule has 4 heteroatoms. The molecule has 0 radical (unpaired) electrons. The molecule has 2 N–H and O–H groups in total. The van der Waals surface area contributed by atoms with E-state index in [0.717, 1.165) is 48.8 Å². The predicted octanol–water partition coefficient (Wildman–Crippen LogP) is 4.78. The van der Waals surface area contributed by atoms with Gasteiger partial charge in [0, 0.05) is 12.4 Å². The van der Waals surface area contributed by atoms with Gasteiger partial charge in [0.25, 0.3) is 0 Å². The molecular formula is C23H39BrO3. The fourth-order valence-corrected chi connectivity index (χ4v) is 8.89. The number of hydrogen-bond acceptors (Lipinski definition) is 3. The van der Waals surface area contributed by atoms with Gasteiger partial charge in [-0.15, -0.1) is 0 Å². The molecule has 3 nitrogen and oxygen atoms in total. The van der Waals surface area contributed by atoms with Gasteiger partial charge < -0.3 is 14.9 Å². The van der Waals surface area contributed by atoms with Crippen LogP contribution in [0.4, 0.5) is 0 Å². The Bertz CT molecular complexity index is 556. The van der Waals surface area contributed by atoms with E-state index in [1.165, 1.54) is 32.1 Å². The quantitative estimate of drug-likeness (QED) is 0.615. The maximum absolute atomic E-state index is 11.7. The average Bonchev–Trinajstić information content (AvgIpc) is 2.93. The monoisotopic (exact) mass is 442 g/mol. The Labute approximate surface area is 173 Å². The first kappa shape index (κ1) is 20.6. The zero-order chi connectivity index (χ0) is 19.4. The molecule has 27 heavy (non-hydrogen) atoms. The molecule has 4 rings (SSSR count). The molecule has 0 aliphatic heterocycles. The lowest BCUT2D eigenvalue weighted by Gasteiger charge is -2.59. The van der Waals surface area contributed by atoms with Crippen LogP contribution in [0.1, 0.15) is 71.6 Å². The summed E-state index contributed by atoms with van der Waals surface area (Å²) < 4.78 is 5.31. The van der Waals surface area contributed by atoms with Crippen LogP contribution in [-0.2, 0) is 4.74 Å². The molecule has 0 aromatic carbocycles. The van der Waals surface area contributed by atoms with Crippen molar-refractivity contribution in [1.29, 1.82) is 0 Å². The van der Waals surface area contributed by atoms with Crippen molar-refractivity contribution in [3.63, 3.8) is 0 Å². The van der Waals surface area contributed by atoms with Gasteiger partial charge in [-0.1, -0.05) is 29.8 Å². The van der Waals surface area contributed by atoms with Crippen LogP contribution in [-0.4, -0.2) is 40.5 Å². The third kappa shape index (κ3) is 3.07. The normalized spacial score (nSPS) is 53.3. The Morgan fingerprint density at radius 2 is 1.74 bits per heavy atom. The molecule has 0 saturated heterocycles. The van der Waals surface area contributed by atoms with E-state index in [4.69, 9.17) is 4.74 Å². The van der Waals surface area contributed by atoms with Gasteiger partial charge in [-0.3, -0.25) is 0 Å². The van der Waals surface area contributed by atoms with E-state index < -0.39 is 11.2 Å². The summed E-state index contributed by atoms with van der Waals surface area (Å²) in [6, 6.07) is 0. The lowest BCUT2D eigenvalue weighted by atomic mass is 9.48.